The van der Waals surface area contributed by atoms with Crippen LogP contribution in [0.1, 0.15) is 18.4 Å². The molecule has 2 atom stereocenters. The number of alkyl halides is 3. The highest BCUT2D eigenvalue weighted by Gasteiger charge is 2.38. The molecule has 7 nitrogen and oxygen atoms in total. The van der Waals surface area contributed by atoms with E-state index in [9.17, 15) is 18.0 Å². The van der Waals surface area contributed by atoms with E-state index in [1.54, 1.807) is 18.2 Å². The van der Waals surface area contributed by atoms with Crippen molar-refractivity contribution in [2.45, 2.75) is 31.3 Å². The number of fused-ring (bicyclic) bond motifs is 1. The van der Waals surface area contributed by atoms with Crippen LogP contribution in [-0.2, 0) is 4.79 Å². The zero-order valence-electron chi connectivity index (χ0n) is 15.4. The maximum Gasteiger partial charge on any atom is 0.419 e. The molecule has 1 amide bonds. The number of hydrogen-bond acceptors (Lipinski definition) is 5. The monoisotopic (exact) mass is 406 g/mol. The van der Waals surface area contributed by atoms with Crippen LogP contribution in [0, 0.1) is 0 Å². The average Bonchev–Trinajstić information content (AvgIpc) is 3.11. The average molecular weight is 406 g/mol. The van der Waals surface area contributed by atoms with Crippen LogP contribution in [0.2, 0.25) is 0 Å². The molecular weight excluding hydrogens is 385 g/mol. The largest absolute Gasteiger partial charge is 0.419 e. The summed E-state index contributed by atoms with van der Waals surface area (Å²) in [5, 5.41) is 12.6. The Hall–Kier alpha value is -2.85. The Morgan fingerprint density at radius 1 is 1.28 bits per heavy atom. The predicted molar refractivity (Wildman–Crippen MR) is 105 cm³/mol. The topological polar surface area (TPSA) is 93.3 Å². The molecule has 0 bridgehead atoms. The highest BCUT2D eigenvalue weighted by Crippen LogP contribution is 2.35. The van der Waals surface area contributed by atoms with Gasteiger partial charge in [0.2, 0.25) is 6.41 Å². The van der Waals surface area contributed by atoms with Gasteiger partial charge in [-0.25, -0.2) is 0 Å². The fourth-order valence-electron chi connectivity index (χ4n) is 3.70. The molecule has 29 heavy (non-hydrogen) atoms. The molecule has 1 aromatic heterocycles. The Balaban J connectivity index is 1.67. The van der Waals surface area contributed by atoms with Gasteiger partial charge < -0.3 is 20.9 Å². The fourth-order valence-corrected chi connectivity index (χ4v) is 3.70. The van der Waals surface area contributed by atoms with Gasteiger partial charge in [0, 0.05) is 47.2 Å². The fraction of sp³-hybridized carbons (Fsp3) is 0.368. The zero-order chi connectivity index (χ0) is 20.4. The number of aromatic nitrogens is 1. The van der Waals surface area contributed by atoms with Crippen LogP contribution in [0.15, 0.2) is 35.0 Å². The maximum atomic E-state index is 13.7. The van der Waals surface area contributed by atoms with E-state index in [4.69, 9.17) is 0 Å². The van der Waals surface area contributed by atoms with Crippen molar-refractivity contribution in [2.24, 2.45) is 4.99 Å². The second-order valence-corrected chi connectivity index (χ2v) is 7.05. The Labute approximate surface area is 164 Å². The number of allylic oxidation sites excluding steroid dienone is 1. The number of halogens is 3. The van der Waals surface area contributed by atoms with Gasteiger partial charge in [0.05, 0.1) is 11.3 Å². The number of aliphatic imine (C=N–C) groups is 1. The van der Waals surface area contributed by atoms with Crippen molar-refractivity contribution < 1.29 is 18.0 Å². The molecule has 4 rings (SSSR count). The number of anilines is 1. The summed E-state index contributed by atoms with van der Waals surface area (Å²) in [7, 11) is 0. The summed E-state index contributed by atoms with van der Waals surface area (Å²) in [6.07, 6.45) is -0.295. The zero-order valence-corrected chi connectivity index (χ0v) is 15.4. The number of aromatic amines is 1. The van der Waals surface area contributed by atoms with Crippen molar-refractivity contribution in [3.63, 3.8) is 0 Å². The summed E-state index contributed by atoms with van der Waals surface area (Å²) in [5.41, 5.74) is 0.703. The number of nitrogens with zero attached hydrogens (tertiary/aromatic N) is 1. The Morgan fingerprint density at radius 2 is 2.14 bits per heavy atom. The molecule has 0 spiro atoms. The first-order valence-corrected chi connectivity index (χ1v) is 9.35. The summed E-state index contributed by atoms with van der Waals surface area (Å²) in [4.78, 5) is 17.6. The summed E-state index contributed by atoms with van der Waals surface area (Å²) >= 11 is 0. The Bertz CT molecular complexity index is 958. The van der Waals surface area contributed by atoms with E-state index in [-0.39, 0.29) is 11.7 Å². The van der Waals surface area contributed by atoms with Gasteiger partial charge in [-0.1, -0.05) is 6.07 Å². The number of hydrogen-bond donors (Lipinski definition) is 5. The van der Waals surface area contributed by atoms with Crippen LogP contribution in [0.3, 0.4) is 0 Å². The highest BCUT2D eigenvalue weighted by atomic mass is 19.4. The lowest BCUT2D eigenvalue weighted by Crippen LogP contribution is -2.52. The minimum Gasteiger partial charge on any atom is -0.360 e. The van der Waals surface area contributed by atoms with Gasteiger partial charge in [-0.3, -0.25) is 15.1 Å². The van der Waals surface area contributed by atoms with E-state index in [1.165, 1.54) is 6.20 Å². The van der Waals surface area contributed by atoms with Crippen molar-refractivity contribution in [3.05, 3.63) is 35.5 Å². The Kier molecular flexibility index (Phi) is 5.29. The molecule has 5 N–H and O–H groups in total. The lowest BCUT2D eigenvalue weighted by molar-refractivity contribution is -0.105. The highest BCUT2D eigenvalue weighted by molar-refractivity contribution is 6.01. The second-order valence-electron chi connectivity index (χ2n) is 7.05. The molecule has 1 aromatic carbocycles. The van der Waals surface area contributed by atoms with Gasteiger partial charge in [-0.2, -0.15) is 13.2 Å². The van der Waals surface area contributed by atoms with Gasteiger partial charge in [0.25, 0.3) is 0 Å². The molecule has 0 saturated carbocycles. The number of carbonyl (C=O) groups is 1. The van der Waals surface area contributed by atoms with Gasteiger partial charge in [-0.05, 0) is 31.5 Å². The molecule has 0 radical (unpaired) electrons. The molecule has 154 valence electrons. The van der Waals surface area contributed by atoms with Crippen molar-refractivity contribution in [3.8, 4) is 0 Å². The number of piperidine rings is 1. The number of amides is 1. The molecule has 2 aliphatic heterocycles. The van der Waals surface area contributed by atoms with Crippen LogP contribution in [-0.4, -0.2) is 49.2 Å². The smallest absolute Gasteiger partial charge is 0.360 e. The molecule has 1 saturated heterocycles. The number of rotatable bonds is 5. The molecule has 10 heteroatoms. The van der Waals surface area contributed by atoms with Crippen molar-refractivity contribution in [2.75, 3.05) is 18.4 Å². The molecule has 2 unspecified atom stereocenters. The van der Waals surface area contributed by atoms with E-state index < -0.39 is 18.0 Å². The molecular formula is C19H21F3N6O. The quantitative estimate of drug-likeness (QED) is 0.493. The summed E-state index contributed by atoms with van der Waals surface area (Å²) in [6.45, 7) is 1.69. The first-order chi connectivity index (χ1) is 14.0. The summed E-state index contributed by atoms with van der Waals surface area (Å²) < 4.78 is 41.0. The summed E-state index contributed by atoms with van der Waals surface area (Å²) in [5.74, 6) is 0. The lowest BCUT2D eigenvalue weighted by atomic mass is 10.0. The van der Waals surface area contributed by atoms with Crippen LogP contribution < -0.4 is 21.3 Å². The molecule has 3 heterocycles. The number of benzene rings is 1. The first kappa shape index (κ1) is 19.5. The number of H-pyrrole nitrogens is 1. The third kappa shape index (κ3) is 4.13. The van der Waals surface area contributed by atoms with Gasteiger partial charge in [-0.15, -0.1) is 0 Å². The molecule has 2 aliphatic rings. The van der Waals surface area contributed by atoms with Crippen molar-refractivity contribution in [1.82, 2.24) is 20.9 Å². The SMILES string of the molecule is O=CNc1ccc2c(C3=C(C(F)(F)F)C=NC(NC4CCCNC4)N3)c[nH]c2c1. The lowest BCUT2D eigenvalue weighted by Gasteiger charge is -2.31. The summed E-state index contributed by atoms with van der Waals surface area (Å²) in [6, 6.07) is 5.12. The van der Waals surface area contributed by atoms with E-state index in [0.29, 0.717) is 28.6 Å². The first-order valence-electron chi connectivity index (χ1n) is 9.35. The Morgan fingerprint density at radius 3 is 2.86 bits per heavy atom. The number of nitrogens with one attached hydrogen (secondary N) is 5. The van der Waals surface area contributed by atoms with Crippen LogP contribution in [0.5, 0.6) is 0 Å². The van der Waals surface area contributed by atoms with Crippen LogP contribution in [0.4, 0.5) is 18.9 Å². The van der Waals surface area contributed by atoms with E-state index in [0.717, 1.165) is 32.1 Å². The van der Waals surface area contributed by atoms with Crippen LogP contribution >= 0.6 is 0 Å². The van der Waals surface area contributed by atoms with Gasteiger partial charge >= 0.3 is 6.18 Å². The van der Waals surface area contributed by atoms with Gasteiger partial charge in [0.15, 0.2) is 6.29 Å². The van der Waals surface area contributed by atoms with Crippen LogP contribution in [0.25, 0.3) is 16.6 Å². The van der Waals surface area contributed by atoms with Crippen molar-refractivity contribution >= 4 is 34.9 Å². The predicted octanol–water partition coefficient (Wildman–Crippen LogP) is 2.31. The molecule has 1 fully saturated rings. The second kappa shape index (κ2) is 7.88. The normalized spacial score (nSPS) is 22.6. The van der Waals surface area contributed by atoms with E-state index >= 15 is 0 Å². The minimum absolute atomic E-state index is 0.0314. The van der Waals surface area contributed by atoms with Gasteiger partial charge in [0.1, 0.15) is 0 Å². The standard InChI is InChI=1S/C19H21F3N6O/c20-19(21,22)15-9-25-18(27-12-2-1-5-23-7-12)28-17(15)14-8-24-16-6-11(26-10-29)3-4-13(14)16/h3-4,6,8-10,12,18,23-24,27-28H,1-2,5,7H2,(H,26,29). The maximum absolute atomic E-state index is 13.7. The van der Waals surface area contributed by atoms with E-state index in [2.05, 4.69) is 31.2 Å². The molecule has 2 aromatic rings. The van der Waals surface area contributed by atoms with E-state index in [1.807, 2.05) is 0 Å². The molecule has 0 aliphatic carbocycles. The third-order valence-electron chi connectivity index (χ3n) is 5.08. The minimum atomic E-state index is -4.55. The number of carbonyl (C=O) groups excluding carboxylic acids is 1. The third-order valence-corrected chi connectivity index (χ3v) is 5.08. The van der Waals surface area contributed by atoms with Crippen molar-refractivity contribution in [1.29, 1.82) is 0 Å².